The van der Waals surface area contributed by atoms with Crippen molar-refractivity contribution in [2.75, 3.05) is 0 Å². The highest BCUT2D eigenvalue weighted by Crippen LogP contribution is 2.21. The molecular weight excluding hydrogens is 276 g/mol. The Morgan fingerprint density at radius 3 is 2.74 bits per heavy atom. The topological polar surface area (TPSA) is 63.8 Å². The summed E-state index contributed by atoms with van der Waals surface area (Å²) >= 11 is 3.40. The lowest BCUT2D eigenvalue weighted by Crippen LogP contribution is -2.18. The van der Waals surface area contributed by atoms with E-state index in [1.165, 1.54) is 4.88 Å². The second-order valence-corrected chi connectivity index (χ2v) is 6.62. The Bertz CT molecular complexity index is 518. The average Bonchev–Trinajstić information content (AvgIpc) is 3.04. The maximum atomic E-state index is 5.81. The Kier molecular flexibility index (Phi) is 5.04. The first-order chi connectivity index (χ1) is 9.10. The van der Waals surface area contributed by atoms with Crippen LogP contribution in [0.3, 0.4) is 0 Å². The lowest BCUT2D eigenvalue weighted by Gasteiger charge is -2.09. The maximum Gasteiger partial charge on any atom is 0.109 e. The van der Waals surface area contributed by atoms with Gasteiger partial charge in [-0.3, -0.25) is 0 Å². The number of nitrogens with zero attached hydrogens (tertiary/aromatic N) is 2. The van der Waals surface area contributed by atoms with Crippen LogP contribution >= 0.6 is 22.7 Å². The Balaban J connectivity index is 1.90. The second kappa shape index (κ2) is 6.56. The van der Waals surface area contributed by atoms with Crippen molar-refractivity contribution in [2.45, 2.75) is 45.8 Å². The first kappa shape index (κ1) is 14.6. The van der Waals surface area contributed by atoms with E-state index in [2.05, 4.69) is 34.5 Å². The SMILES string of the molecule is CCc1cnc(C(C)NCc2csc(C(C)N)n2)s1. The van der Waals surface area contributed by atoms with Gasteiger partial charge in [-0.15, -0.1) is 22.7 Å². The molecule has 6 heteroatoms. The monoisotopic (exact) mass is 296 g/mol. The predicted octanol–water partition coefficient (Wildman–Crippen LogP) is 3.03. The van der Waals surface area contributed by atoms with Crippen LogP contribution in [-0.4, -0.2) is 9.97 Å². The third-order valence-corrected chi connectivity index (χ3v) is 5.26. The van der Waals surface area contributed by atoms with Crippen molar-refractivity contribution >= 4 is 22.7 Å². The van der Waals surface area contributed by atoms with Gasteiger partial charge in [0.25, 0.3) is 0 Å². The highest BCUT2D eigenvalue weighted by Gasteiger charge is 2.11. The van der Waals surface area contributed by atoms with Gasteiger partial charge in [-0.05, 0) is 20.3 Å². The molecule has 0 bridgehead atoms. The normalized spacial score (nSPS) is 14.5. The van der Waals surface area contributed by atoms with Crippen molar-refractivity contribution in [1.82, 2.24) is 15.3 Å². The fraction of sp³-hybridized carbons (Fsp3) is 0.538. The molecule has 0 saturated carbocycles. The van der Waals surface area contributed by atoms with E-state index in [9.17, 15) is 0 Å². The zero-order valence-electron chi connectivity index (χ0n) is 11.5. The van der Waals surface area contributed by atoms with E-state index in [1.54, 1.807) is 22.7 Å². The highest BCUT2D eigenvalue weighted by atomic mass is 32.1. The minimum Gasteiger partial charge on any atom is -0.322 e. The van der Waals surface area contributed by atoms with Gasteiger partial charge in [0.1, 0.15) is 10.0 Å². The van der Waals surface area contributed by atoms with E-state index < -0.39 is 0 Å². The molecule has 0 spiro atoms. The standard InChI is InChI=1S/C13H20N4S2/c1-4-11-6-16-13(19-11)9(3)15-5-10-7-18-12(17-10)8(2)14/h6-9,15H,4-5,14H2,1-3H3. The number of nitrogens with one attached hydrogen (secondary N) is 1. The molecule has 0 aliphatic rings. The fourth-order valence-electron chi connectivity index (χ4n) is 1.64. The molecule has 0 saturated heterocycles. The van der Waals surface area contributed by atoms with Gasteiger partial charge in [0.15, 0.2) is 0 Å². The summed E-state index contributed by atoms with van der Waals surface area (Å²) in [6.45, 7) is 7.00. The van der Waals surface area contributed by atoms with Crippen molar-refractivity contribution in [3.05, 3.63) is 32.2 Å². The quantitative estimate of drug-likeness (QED) is 0.860. The first-order valence-electron chi connectivity index (χ1n) is 6.48. The van der Waals surface area contributed by atoms with Crippen LogP contribution in [0.4, 0.5) is 0 Å². The number of aromatic nitrogens is 2. The summed E-state index contributed by atoms with van der Waals surface area (Å²) in [7, 11) is 0. The third kappa shape index (κ3) is 3.82. The molecule has 0 aliphatic heterocycles. The lowest BCUT2D eigenvalue weighted by molar-refractivity contribution is 0.565. The number of hydrogen-bond acceptors (Lipinski definition) is 6. The van der Waals surface area contributed by atoms with Gasteiger partial charge in [-0.2, -0.15) is 0 Å². The van der Waals surface area contributed by atoms with Gasteiger partial charge >= 0.3 is 0 Å². The van der Waals surface area contributed by atoms with Gasteiger partial charge in [0, 0.05) is 23.0 Å². The van der Waals surface area contributed by atoms with Crippen molar-refractivity contribution in [3.8, 4) is 0 Å². The molecule has 3 N–H and O–H groups in total. The van der Waals surface area contributed by atoms with Crippen LogP contribution in [0, 0.1) is 0 Å². The molecule has 0 aromatic carbocycles. The second-order valence-electron chi connectivity index (χ2n) is 4.59. The van der Waals surface area contributed by atoms with Crippen molar-refractivity contribution in [2.24, 2.45) is 5.73 Å². The highest BCUT2D eigenvalue weighted by molar-refractivity contribution is 7.11. The van der Waals surface area contributed by atoms with Crippen molar-refractivity contribution in [1.29, 1.82) is 0 Å². The Morgan fingerprint density at radius 1 is 1.37 bits per heavy atom. The van der Waals surface area contributed by atoms with Gasteiger partial charge in [0.2, 0.25) is 0 Å². The molecule has 2 aromatic rings. The van der Waals surface area contributed by atoms with Crippen LogP contribution in [0.25, 0.3) is 0 Å². The molecule has 2 aromatic heterocycles. The number of aryl methyl sites for hydroxylation is 1. The Hall–Kier alpha value is -0.820. The summed E-state index contributed by atoms with van der Waals surface area (Å²) in [4.78, 5) is 10.3. The zero-order valence-corrected chi connectivity index (χ0v) is 13.1. The van der Waals surface area contributed by atoms with E-state index in [1.807, 2.05) is 13.1 Å². The summed E-state index contributed by atoms with van der Waals surface area (Å²) in [5, 5.41) is 7.65. The predicted molar refractivity (Wildman–Crippen MR) is 81.5 cm³/mol. The summed E-state index contributed by atoms with van der Waals surface area (Å²) in [6, 6.07) is 0.271. The Morgan fingerprint density at radius 2 is 2.16 bits per heavy atom. The Labute approximate surface area is 122 Å². The average molecular weight is 296 g/mol. The largest absolute Gasteiger partial charge is 0.322 e. The molecule has 104 valence electrons. The van der Waals surface area contributed by atoms with Crippen LogP contribution in [0.2, 0.25) is 0 Å². The number of hydrogen-bond donors (Lipinski definition) is 2. The molecule has 0 amide bonds. The summed E-state index contributed by atoms with van der Waals surface area (Å²) in [5.41, 5.74) is 6.86. The minimum atomic E-state index is 0.0160. The van der Waals surface area contributed by atoms with Crippen LogP contribution < -0.4 is 11.1 Å². The molecule has 0 aliphatic carbocycles. The van der Waals surface area contributed by atoms with Crippen LogP contribution in [0.1, 0.15) is 53.4 Å². The summed E-state index contributed by atoms with van der Waals surface area (Å²) in [6.07, 6.45) is 3.02. The molecular formula is C13H20N4S2. The molecule has 0 fully saturated rings. The minimum absolute atomic E-state index is 0.0160. The van der Waals surface area contributed by atoms with Gasteiger partial charge in [0.05, 0.1) is 17.8 Å². The van der Waals surface area contributed by atoms with E-state index in [0.29, 0.717) is 0 Å². The summed E-state index contributed by atoms with van der Waals surface area (Å²) in [5.74, 6) is 0. The first-order valence-corrected chi connectivity index (χ1v) is 8.17. The van der Waals surface area contributed by atoms with E-state index in [4.69, 9.17) is 5.73 Å². The maximum absolute atomic E-state index is 5.81. The van der Waals surface area contributed by atoms with Gasteiger partial charge in [-0.25, -0.2) is 9.97 Å². The molecule has 19 heavy (non-hydrogen) atoms. The molecule has 2 unspecified atom stereocenters. The van der Waals surface area contributed by atoms with E-state index in [0.717, 1.165) is 28.7 Å². The van der Waals surface area contributed by atoms with Gasteiger partial charge in [-0.1, -0.05) is 6.92 Å². The third-order valence-electron chi connectivity index (χ3n) is 2.84. The molecule has 0 radical (unpaired) electrons. The molecule has 2 heterocycles. The summed E-state index contributed by atoms with van der Waals surface area (Å²) < 4.78 is 0. The van der Waals surface area contributed by atoms with Gasteiger partial charge < -0.3 is 11.1 Å². The number of thiazole rings is 2. The van der Waals surface area contributed by atoms with E-state index >= 15 is 0 Å². The van der Waals surface area contributed by atoms with Crippen LogP contribution in [-0.2, 0) is 13.0 Å². The lowest BCUT2D eigenvalue weighted by atomic mass is 10.3. The van der Waals surface area contributed by atoms with Crippen LogP contribution in [0.15, 0.2) is 11.6 Å². The van der Waals surface area contributed by atoms with Crippen LogP contribution in [0.5, 0.6) is 0 Å². The van der Waals surface area contributed by atoms with Crippen molar-refractivity contribution in [3.63, 3.8) is 0 Å². The number of nitrogens with two attached hydrogens (primary N) is 1. The molecule has 2 rings (SSSR count). The molecule has 4 nitrogen and oxygen atoms in total. The van der Waals surface area contributed by atoms with E-state index in [-0.39, 0.29) is 12.1 Å². The fourth-order valence-corrected chi connectivity index (χ4v) is 3.31. The number of rotatable bonds is 6. The zero-order chi connectivity index (χ0) is 13.8. The van der Waals surface area contributed by atoms with Crippen molar-refractivity contribution < 1.29 is 0 Å². The smallest absolute Gasteiger partial charge is 0.109 e. The molecule has 2 atom stereocenters.